The molecule has 1 saturated heterocycles. The standard InChI is InChI=1S/C18H27NO2/c1-14(8-10-16-6-4-3-5-7-16)12-19-13-17(18(20)21)11-9-15(19)2/h3-7,14-15,17H,8-13H2,1-2H3,(H,20,21). The van der Waals surface area contributed by atoms with Gasteiger partial charge in [-0.3, -0.25) is 9.69 Å². The zero-order valence-electron chi connectivity index (χ0n) is 13.2. The molecule has 0 spiro atoms. The van der Waals surface area contributed by atoms with E-state index < -0.39 is 5.97 Å². The maximum absolute atomic E-state index is 11.2. The van der Waals surface area contributed by atoms with Gasteiger partial charge >= 0.3 is 5.97 Å². The fourth-order valence-corrected chi connectivity index (χ4v) is 3.18. The van der Waals surface area contributed by atoms with Crippen LogP contribution in [0.25, 0.3) is 0 Å². The van der Waals surface area contributed by atoms with Crippen molar-refractivity contribution in [2.45, 2.75) is 45.6 Å². The highest BCUT2D eigenvalue weighted by Gasteiger charge is 2.30. The molecule has 0 amide bonds. The molecule has 3 heteroatoms. The lowest BCUT2D eigenvalue weighted by Gasteiger charge is -2.38. The average molecular weight is 289 g/mol. The van der Waals surface area contributed by atoms with Gasteiger partial charge in [0.2, 0.25) is 0 Å². The minimum atomic E-state index is -0.635. The summed E-state index contributed by atoms with van der Waals surface area (Å²) in [7, 11) is 0. The van der Waals surface area contributed by atoms with E-state index in [1.165, 1.54) is 5.56 Å². The van der Waals surface area contributed by atoms with Crippen LogP contribution in [0.15, 0.2) is 30.3 Å². The van der Waals surface area contributed by atoms with E-state index in [0.29, 0.717) is 18.5 Å². The highest BCUT2D eigenvalue weighted by atomic mass is 16.4. The summed E-state index contributed by atoms with van der Waals surface area (Å²) in [5.41, 5.74) is 1.39. The van der Waals surface area contributed by atoms with E-state index in [0.717, 1.165) is 32.2 Å². The van der Waals surface area contributed by atoms with E-state index in [2.05, 4.69) is 43.0 Å². The Labute approximate surface area is 128 Å². The monoisotopic (exact) mass is 289 g/mol. The third kappa shape index (κ3) is 4.85. The number of rotatable bonds is 6. The molecule has 116 valence electrons. The molecule has 21 heavy (non-hydrogen) atoms. The summed E-state index contributed by atoms with van der Waals surface area (Å²) in [6, 6.07) is 11.1. The molecular weight excluding hydrogens is 262 g/mol. The summed E-state index contributed by atoms with van der Waals surface area (Å²) in [6.07, 6.45) is 4.09. The summed E-state index contributed by atoms with van der Waals surface area (Å²) in [4.78, 5) is 13.5. The Morgan fingerprint density at radius 1 is 1.33 bits per heavy atom. The van der Waals surface area contributed by atoms with Gasteiger partial charge < -0.3 is 5.11 Å². The van der Waals surface area contributed by atoms with Crippen molar-refractivity contribution in [1.82, 2.24) is 4.90 Å². The van der Waals surface area contributed by atoms with E-state index in [4.69, 9.17) is 0 Å². The molecule has 1 aromatic carbocycles. The Balaban J connectivity index is 1.80. The van der Waals surface area contributed by atoms with E-state index in [1.54, 1.807) is 0 Å². The van der Waals surface area contributed by atoms with Crippen LogP contribution >= 0.6 is 0 Å². The maximum atomic E-state index is 11.2. The number of carboxylic acids is 1. The van der Waals surface area contributed by atoms with Crippen molar-refractivity contribution >= 4 is 5.97 Å². The highest BCUT2D eigenvalue weighted by Crippen LogP contribution is 2.24. The molecule has 0 bridgehead atoms. The highest BCUT2D eigenvalue weighted by molar-refractivity contribution is 5.70. The molecule has 1 N–H and O–H groups in total. The lowest BCUT2D eigenvalue weighted by Crippen LogP contribution is -2.45. The quantitative estimate of drug-likeness (QED) is 0.872. The van der Waals surface area contributed by atoms with Gasteiger partial charge in [0.1, 0.15) is 0 Å². The van der Waals surface area contributed by atoms with Crippen LogP contribution in [0.2, 0.25) is 0 Å². The zero-order valence-corrected chi connectivity index (χ0v) is 13.2. The molecule has 1 heterocycles. The number of benzene rings is 1. The van der Waals surface area contributed by atoms with Crippen LogP contribution in [-0.2, 0) is 11.2 Å². The fraction of sp³-hybridized carbons (Fsp3) is 0.611. The Morgan fingerprint density at radius 2 is 2.05 bits per heavy atom. The Hall–Kier alpha value is -1.35. The minimum absolute atomic E-state index is 0.178. The number of piperidine rings is 1. The van der Waals surface area contributed by atoms with Gasteiger partial charge in [-0.15, -0.1) is 0 Å². The number of hydrogen-bond donors (Lipinski definition) is 1. The van der Waals surface area contributed by atoms with E-state index in [1.807, 2.05) is 6.07 Å². The lowest BCUT2D eigenvalue weighted by atomic mass is 9.91. The second-order valence-corrected chi connectivity index (χ2v) is 6.54. The molecule has 3 unspecified atom stereocenters. The van der Waals surface area contributed by atoms with Crippen molar-refractivity contribution in [2.75, 3.05) is 13.1 Å². The first kappa shape index (κ1) is 16.0. The number of hydrogen-bond acceptors (Lipinski definition) is 2. The lowest BCUT2D eigenvalue weighted by molar-refractivity contribution is -0.144. The average Bonchev–Trinajstić information content (AvgIpc) is 2.48. The Morgan fingerprint density at radius 3 is 2.71 bits per heavy atom. The number of likely N-dealkylation sites (tertiary alicyclic amines) is 1. The number of nitrogens with zero attached hydrogens (tertiary/aromatic N) is 1. The van der Waals surface area contributed by atoms with Gasteiger partial charge in [-0.25, -0.2) is 0 Å². The van der Waals surface area contributed by atoms with E-state index >= 15 is 0 Å². The van der Waals surface area contributed by atoms with Crippen LogP contribution in [0.1, 0.15) is 38.7 Å². The Bertz CT molecular complexity index is 446. The fourth-order valence-electron chi connectivity index (χ4n) is 3.18. The second kappa shape index (κ2) is 7.60. The maximum Gasteiger partial charge on any atom is 0.307 e. The van der Waals surface area contributed by atoms with Crippen LogP contribution in [0.5, 0.6) is 0 Å². The van der Waals surface area contributed by atoms with Crippen molar-refractivity contribution in [2.24, 2.45) is 11.8 Å². The molecule has 3 nitrogen and oxygen atoms in total. The van der Waals surface area contributed by atoms with Crippen molar-refractivity contribution < 1.29 is 9.90 Å². The first-order valence-corrected chi connectivity index (χ1v) is 8.07. The smallest absolute Gasteiger partial charge is 0.307 e. The van der Waals surface area contributed by atoms with Crippen molar-refractivity contribution in [3.63, 3.8) is 0 Å². The molecule has 1 aliphatic heterocycles. The summed E-state index contributed by atoms with van der Waals surface area (Å²) >= 11 is 0. The topological polar surface area (TPSA) is 40.5 Å². The van der Waals surface area contributed by atoms with Crippen molar-refractivity contribution in [1.29, 1.82) is 0 Å². The summed E-state index contributed by atoms with van der Waals surface area (Å²) in [5, 5.41) is 9.20. The SMILES string of the molecule is CC(CCc1ccccc1)CN1CC(C(=O)O)CCC1C. The summed E-state index contributed by atoms with van der Waals surface area (Å²) in [6.45, 7) is 6.23. The molecular formula is C18H27NO2. The van der Waals surface area contributed by atoms with Crippen LogP contribution in [-0.4, -0.2) is 35.1 Å². The molecule has 1 fully saturated rings. The van der Waals surface area contributed by atoms with Gasteiger partial charge in [0.15, 0.2) is 0 Å². The third-order valence-electron chi connectivity index (χ3n) is 4.68. The molecule has 1 aromatic rings. The van der Waals surface area contributed by atoms with Crippen LogP contribution in [0.4, 0.5) is 0 Å². The molecule has 2 rings (SSSR count). The molecule has 0 radical (unpaired) electrons. The van der Waals surface area contributed by atoms with Gasteiger partial charge in [-0.2, -0.15) is 0 Å². The van der Waals surface area contributed by atoms with E-state index in [-0.39, 0.29) is 5.92 Å². The van der Waals surface area contributed by atoms with Crippen LogP contribution < -0.4 is 0 Å². The van der Waals surface area contributed by atoms with Gasteiger partial charge in [-0.05, 0) is 44.1 Å². The van der Waals surface area contributed by atoms with E-state index in [9.17, 15) is 9.90 Å². The van der Waals surface area contributed by atoms with Crippen molar-refractivity contribution in [3.05, 3.63) is 35.9 Å². The number of carbonyl (C=O) groups is 1. The third-order valence-corrected chi connectivity index (χ3v) is 4.68. The molecule has 3 atom stereocenters. The van der Waals surface area contributed by atoms with Gasteiger partial charge in [0.05, 0.1) is 5.92 Å². The zero-order chi connectivity index (χ0) is 15.2. The largest absolute Gasteiger partial charge is 0.481 e. The number of aliphatic carboxylic acids is 1. The van der Waals surface area contributed by atoms with Crippen LogP contribution in [0, 0.1) is 11.8 Å². The van der Waals surface area contributed by atoms with Gasteiger partial charge in [-0.1, -0.05) is 37.3 Å². The van der Waals surface area contributed by atoms with Gasteiger partial charge in [0.25, 0.3) is 0 Å². The van der Waals surface area contributed by atoms with Gasteiger partial charge in [0, 0.05) is 19.1 Å². The predicted octanol–water partition coefficient (Wildman–Crippen LogP) is 3.44. The predicted molar refractivity (Wildman–Crippen MR) is 85.3 cm³/mol. The van der Waals surface area contributed by atoms with Crippen molar-refractivity contribution in [3.8, 4) is 0 Å². The molecule has 0 aromatic heterocycles. The first-order chi connectivity index (χ1) is 10.1. The number of carboxylic acid groups (broad SMARTS) is 1. The summed E-state index contributed by atoms with van der Waals surface area (Å²) in [5.74, 6) is -0.216. The van der Waals surface area contributed by atoms with Crippen LogP contribution in [0.3, 0.4) is 0 Å². The normalized spacial score (nSPS) is 24.7. The molecule has 1 aliphatic rings. The first-order valence-electron chi connectivity index (χ1n) is 8.07. The second-order valence-electron chi connectivity index (χ2n) is 6.54. The molecule has 0 aliphatic carbocycles. The summed E-state index contributed by atoms with van der Waals surface area (Å²) < 4.78 is 0. The minimum Gasteiger partial charge on any atom is -0.481 e. The Kier molecular flexibility index (Phi) is 5.80. The molecule has 0 saturated carbocycles. The number of aryl methyl sites for hydroxylation is 1.